The minimum Gasteiger partial charge on any atom is -0.484 e. The first-order valence-electron chi connectivity index (χ1n) is 11.1. The minimum atomic E-state index is -3.75. The number of para-hydroxylation sites is 1. The molecule has 0 saturated carbocycles. The molecule has 182 valence electrons. The molecule has 2 aromatic carbocycles. The number of benzene rings is 2. The molecule has 5 rings (SSSR count). The molecule has 1 amide bonds. The first-order valence-corrected chi connectivity index (χ1v) is 12.6. The van der Waals surface area contributed by atoms with Crippen LogP contribution in [0.2, 0.25) is 0 Å². The molecule has 0 atom stereocenters. The molecule has 1 N–H and O–H groups in total. The lowest BCUT2D eigenvalue weighted by molar-refractivity contribution is -0.134. The molecule has 3 heterocycles. The molecular formula is C24H24N4O6S. The van der Waals surface area contributed by atoms with Crippen LogP contribution in [0.4, 0.5) is 0 Å². The number of aryl methyl sites for hydroxylation is 2. The number of nitrogens with zero attached hydrogens (tertiary/aromatic N) is 3. The second kappa shape index (κ2) is 8.82. The van der Waals surface area contributed by atoms with E-state index >= 15 is 0 Å². The highest BCUT2D eigenvalue weighted by atomic mass is 32.2. The summed E-state index contributed by atoms with van der Waals surface area (Å²) in [7, 11) is -3.75. The first kappa shape index (κ1) is 23.1. The zero-order valence-corrected chi connectivity index (χ0v) is 20.1. The number of aromatic amines is 1. The standard InChI is InChI=1S/C24H24N4O6S/c1-15-24(16(2)34-26-15)35(31,32)28-11-9-27(10-12-28)22(29)14-33-17-7-8-21-19(13-17)23(30)18-5-3-4-6-20(18)25-21/h3-8,13H,9-12,14H2,1-2H3,(H,25,30). The fourth-order valence-electron chi connectivity index (χ4n) is 4.38. The van der Waals surface area contributed by atoms with Gasteiger partial charge in [-0.3, -0.25) is 9.59 Å². The summed E-state index contributed by atoms with van der Waals surface area (Å²) in [6.07, 6.45) is 0. The molecule has 11 heteroatoms. The molecule has 0 unspecified atom stereocenters. The van der Waals surface area contributed by atoms with Crippen molar-refractivity contribution >= 4 is 37.7 Å². The van der Waals surface area contributed by atoms with Crippen LogP contribution in [0.3, 0.4) is 0 Å². The summed E-state index contributed by atoms with van der Waals surface area (Å²) in [6.45, 7) is 3.75. The molecule has 1 saturated heterocycles. The third kappa shape index (κ3) is 4.17. The largest absolute Gasteiger partial charge is 0.484 e. The molecule has 1 aliphatic rings. The Bertz CT molecular complexity index is 1580. The van der Waals surface area contributed by atoms with Gasteiger partial charge in [0.1, 0.15) is 16.3 Å². The van der Waals surface area contributed by atoms with Gasteiger partial charge < -0.3 is 19.1 Å². The maximum absolute atomic E-state index is 13.0. The van der Waals surface area contributed by atoms with Gasteiger partial charge in [0.15, 0.2) is 17.8 Å². The van der Waals surface area contributed by atoms with Crippen LogP contribution in [0.5, 0.6) is 5.75 Å². The Morgan fingerprint density at radius 1 is 1.06 bits per heavy atom. The van der Waals surface area contributed by atoms with Crippen molar-refractivity contribution in [1.29, 1.82) is 0 Å². The highest BCUT2D eigenvalue weighted by Gasteiger charge is 2.34. The number of pyridine rings is 1. The average Bonchev–Trinajstić information content (AvgIpc) is 3.21. The normalized spacial score (nSPS) is 15.1. The average molecular weight is 497 g/mol. The molecule has 10 nitrogen and oxygen atoms in total. The van der Waals surface area contributed by atoms with Gasteiger partial charge in [0, 0.05) is 42.5 Å². The fraction of sp³-hybridized carbons (Fsp3) is 0.292. The zero-order valence-electron chi connectivity index (χ0n) is 19.3. The van der Waals surface area contributed by atoms with Gasteiger partial charge in [0.25, 0.3) is 5.91 Å². The van der Waals surface area contributed by atoms with Crippen LogP contribution < -0.4 is 10.2 Å². The fourth-order valence-corrected chi connectivity index (χ4v) is 6.09. The Morgan fingerprint density at radius 2 is 1.77 bits per heavy atom. The predicted molar refractivity (Wildman–Crippen MR) is 129 cm³/mol. The quantitative estimate of drug-likeness (QED) is 0.420. The van der Waals surface area contributed by atoms with Crippen molar-refractivity contribution in [2.24, 2.45) is 0 Å². The molecule has 0 aliphatic carbocycles. The van der Waals surface area contributed by atoms with Gasteiger partial charge in [-0.2, -0.15) is 4.31 Å². The van der Waals surface area contributed by atoms with Crippen molar-refractivity contribution in [3.8, 4) is 5.75 Å². The molecule has 2 aromatic heterocycles. The highest BCUT2D eigenvalue weighted by Crippen LogP contribution is 2.24. The maximum atomic E-state index is 13.0. The van der Waals surface area contributed by atoms with E-state index in [-0.39, 0.29) is 54.8 Å². The molecule has 1 fully saturated rings. The van der Waals surface area contributed by atoms with Crippen LogP contribution in [0.15, 0.2) is 56.7 Å². The number of hydrogen-bond acceptors (Lipinski definition) is 7. The van der Waals surface area contributed by atoms with Crippen LogP contribution in [0.1, 0.15) is 11.5 Å². The Labute approximate surface area is 201 Å². The lowest BCUT2D eigenvalue weighted by Crippen LogP contribution is -2.51. The van der Waals surface area contributed by atoms with Crippen molar-refractivity contribution in [2.75, 3.05) is 32.8 Å². The van der Waals surface area contributed by atoms with E-state index < -0.39 is 10.0 Å². The van der Waals surface area contributed by atoms with E-state index in [0.29, 0.717) is 27.7 Å². The van der Waals surface area contributed by atoms with Crippen molar-refractivity contribution in [1.82, 2.24) is 19.3 Å². The summed E-state index contributed by atoms with van der Waals surface area (Å²) in [5.74, 6) is 0.398. The number of carbonyl (C=O) groups is 1. The molecule has 4 aromatic rings. The van der Waals surface area contributed by atoms with Gasteiger partial charge in [-0.15, -0.1) is 0 Å². The number of rotatable bonds is 5. The summed E-state index contributed by atoms with van der Waals surface area (Å²) < 4.78 is 38.0. The monoisotopic (exact) mass is 496 g/mol. The number of ether oxygens (including phenoxy) is 1. The van der Waals surface area contributed by atoms with Crippen LogP contribution in [0, 0.1) is 13.8 Å². The topological polar surface area (TPSA) is 126 Å². The molecule has 35 heavy (non-hydrogen) atoms. The summed E-state index contributed by atoms with van der Waals surface area (Å²) in [5.41, 5.74) is 1.64. The second-order valence-corrected chi connectivity index (χ2v) is 10.3. The third-order valence-corrected chi connectivity index (χ3v) is 8.34. The van der Waals surface area contributed by atoms with E-state index in [4.69, 9.17) is 9.26 Å². The lowest BCUT2D eigenvalue weighted by atomic mass is 10.1. The predicted octanol–water partition coefficient (Wildman–Crippen LogP) is 2.20. The molecular weight excluding hydrogens is 472 g/mol. The summed E-state index contributed by atoms with van der Waals surface area (Å²) in [6, 6.07) is 12.4. The van der Waals surface area contributed by atoms with Crippen LogP contribution in [0.25, 0.3) is 21.8 Å². The maximum Gasteiger partial charge on any atom is 0.260 e. The van der Waals surface area contributed by atoms with Gasteiger partial charge in [-0.25, -0.2) is 8.42 Å². The van der Waals surface area contributed by atoms with Crippen LogP contribution in [-0.2, 0) is 14.8 Å². The summed E-state index contributed by atoms with van der Waals surface area (Å²) in [5, 5.41) is 4.79. The van der Waals surface area contributed by atoms with E-state index in [9.17, 15) is 18.0 Å². The van der Waals surface area contributed by atoms with E-state index in [1.807, 2.05) is 18.2 Å². The van der Waals surface area contributed by atoms with Gasteiger partial charge in [-0.05, 0) is 44.2 Å². The van der Waals surface area contributed by atoms with E-state index in [2.05, 4.69) is 10.1 Å². The van der Waals surface area contributed by atoms with Crippen LogP contribution >= 0.6 is 0 Å². The lowest BCUT2D eigenvalue weighted by Gasteiger charge is -2.33. The number of amides is 1. The van der Waals surface area contributed by atoms with Gasteiger partial charge in [0.05, 0.1) is 5.52 Å². The number of sulfonamides is 1. The zero-order chi connectivity index (χ0) is 24.7. The van der Waals surface area contributed by atoms with Crippen molar-refractivity contribution in [2.45, 2.75) is 18.7 Å². The number of fused-ring (bicyclic) bond motifs is 2. The summed E-state index contributed by atoms with van der Waals surface area (Å²) in [4.78, 5) is 30.4. The Kier molecular flexibility index (Phi) is 5.81. The van der Waals surface area contributed by atoms with E-state index in [1.54, 1.807) is 43.0 Å². The Hall–Kier alpha value is -3.70. The Balaban J connectivity index is 1.24. The van der Waals surface area contributed by atoms with Gasteiger partial charge in [0.2, 0.25) is 10.0 Å². The smallest absolute Gasteiger partial charge is 0.260 e. The highest BCUT2D eigenvalue weighted by molar-refractivity contribution is 7.89. The van der Waals surface area contributed by atoms with Gasteiger partial charge in [-0.1, -0.05) is 17.3 Å². The number of piperazine rings is 1. The third-order valence-electron chi connectivity index (χ3n) is 6.20. The van der Waals surface area contributed by atoms with Gasteiger partial charge >= 0.3 is 0 Å². The minimum absolute atomic E-state index is 0.0830. The summed E-state index contributed by atoms with van der Waals surface area (Å²) >= 11 is 0. The number of hydrogen-bond donors (Lipinski definition) is 1. The molecule has 0 bridgehead atoms. The number of nitrogens with one attached hydrogen (secondary N) is 1. The van der Waals surface area contributed by atoms with E-state index in [1.165, 1.54) is 4.31 Å². The number of aromatic nitrogens is 2. The first-order chi connectivity index (χ1) is 16.8. The number of H-pyrrole nitrogens is 1. The molecule has 1 aliphatic heterocycles. The molecule has 0 spiro atoms. The second-order valence-electron chi connectivity index (χ2n) is 8.43. The molecule has 0 radical (unpaired) electrons. The van der Waals surface area contributed by atoms with Crippen molar-refractivity contribution < 1.29 is 22.5 Å². The van der Waals surface area contributed by atoms with Crippen molar-refractivity contribution in [3.05, 3.63) is 64.1 Å². The number of carbonyl (C=O) groups excluding carboxylic acids is 1. The Morgan fingerprint density at radius 3 is 2.49 bits per heavy atom. The SMILES string of the molecule is Cc1noc(C)c1S(=O)(=O)N1CCN(C(=O)COc2ccc3[nH]c4ccccc4c(=O)c3c2)CC1. The van der Waals surface area contributed by atoms with Crippen LogP contribution in [-0.4, -0.2) is 66.5 Å². The van der Waals surface area contributed by atoms with Crippen molar-refractivity contribution in [3.63, 3.8) is 0 Å². The van der Waals surface area contributed by atoms with E-state index in [0.717, 1.165) is 5.52 Å².